The molecular formula is C20H19F23N2O4S. The lowest BCUT2D eigenvalue weighted by Crippen LogP contribution is -2.78. The van der Waals surface area contributed by atoms with Gasteiger partial charge in [-0.05, 0) is 0 Å². The van der Waals surface area contributed by atoms with E-state index in [1.807, 2.05) is 0 Å². The van der Waals surface area contributed by atoms with Crippen LogP contribution < -0.4 is 5.11 Å². The van der Waals surface area contributed by atoms with Crippen molar-refractivity contribution >= 4 is 16.0 Å². The number of quaternary nitrogens is 1. The van der Waals surface area contributed by atoms with E-state index in [1.165, 1.54) is 21.1 Å². The minimum atomic E-state index is -9.63. The Balaban J connectivity index is 7.40. The zero-order chi connectivity index (χ0) is 41.2. The molecule has 0 unspecified atom stereocenters. The summed E-state index contributed by atoms with van der Waals surface area (Å²) in [6, 6.07) is 0. The summed E-state index contributed by atoms with van der Waals surface area (Å²) in [6.07, 6.45) is -10.8. The summed E-state index contributed by atoms with van der Waals surface area (Å²) in [7, 11) is -4.05. The average Bonchev–Trinajstić information content (AvgIpc) is 2.87. The number of aliphatic carboxylic acids is 1. The number of nitrogens with zero attached hydrogens (tertiary/aromatic N) is 2. The highest BCUT2D eigenvalue weighted by Gasteiger charge is 2.99. The predicted molar refractivity (Wildman–Crippen MR) is 113 cm³/mol. The van der Waals surface area contributed by atoms with Crippen molar-refractivity contribution in [2.24, 2.45) is 0 Å². The second kappa shape index (κ2) is 13.0. The lowest BCUT2D eigenvalue weighted by Gasteiger charge is -2.45. The van der Waals surface area contributed by atoms with Crippen molar-refractivity contribution in [3.63, 3.8) is 0 Å². The zero-order valence-corrected chi connectivity index (χ0v) is 25.0. The molecule has 0 bridgehead atoms. The van der Waals surface area contributed by atoms with Gasteiger partial charge in [0.2, 0.25) is 0 Å². The van der Waals surface area contributed by atoms with Crippen molar-refractivity contribution in [1.29, 1.82) is 0 Å². The number of hydrogen-bond acceptors (Lipinski definition) is 4. The number of carbonyl (C=O) groups is 1. The fraction of sp³-hybridized carbons (Fsp3) is 0.950. The van der Waals surface area contributed by atoms with Gasteiger partial charge in [0.25, 0.3) is 10.0 Å². The summed E-state index contributed by atoms with van der Waals surface area (Å²) in [5, 5.41) is 2.57. The van der Waals surface area contributed by atoms with Gasteiger partial charge in [-0.25, -0.2) is 8.42 Å². The van der Waals surface area contributed by atoms with Gasteiger partial charge in [-0.15, -0.1) is 0 Å². The Morgan fingerprint density at radius 3 is 1.06 bits per heavy atom. The zero-order valence-electron chi connectivity index (χ0n) is 24.2. The number of carboxylic acids is 1. The molecule has 0 saturated carbocycles. The molecule has 50 heavy (non-hydrogen) atoms. The highest BCUT2D eigenvalue weighted by atomic mass is 32.2. The molecule has 0 aromatic rings. The van der Waals surface area contributed by atoms with E-state index in [0.29, 0.717) is 0 Å². The summed E-state index contributed by atoms with van der Waals surface area (Å²) in [4.78, 5) is 10.6. The molecule has 0 aliphatic rings. The summed E-state index contributed by atoms with van der Waals surface area (Å²) < 4.78 is 337. The summed E-state index contributed by atoms with van der Waals surface area (Å²) in [6.45, 7) is -4.03. The third kappa shape index (κ3) is 6.95. The summed E-state index contributed by atoms with van der Waals surface area (Å²) in [5.74, 6) is -86.0. The van der Waals surface area contributed by atoms with E-state index < -0.39 is 118 Å². The second-order valence-electron chi connectivity index (χ2n) is 11.1. The minimum absolute atomic E-state index is 0.266. The molecule has 0 heterocycles. The van der Waals surface area contributed by atoms with Crippen LogP contribution in [0.15, 0.2) is 0 Å². The fourth-order valence-electron chi connectivity index (χ4n) is 3.35. The molecule has 0 saturated heterocycles. The van der Waals surface area contributed by atoms with Gasteiger partial charge >= 0.3 is 64.7 Å². The molecule has 0 rings (SSSR count). The fourth-order valence-corrected chi connectivity index (χ4v) is 4.83. The van der Waals surface area contributed by atoms with E-state index in [9.17, 15) is 119 Å². The molecule has 0 amide bonds. The third-order valence-corrected chi connectivity index (χ3v) is 8.29. The number of alkyl halides is 23. The second-order valence-corrected chi connectivity index (χ2v) is 13.1. The molecule has 0 fully saturated rings. The van der Waals surface area contributed by atoms with E-state index in [4.69, 9.17) is 0 Å². The maximum atomic E-state index is 14.6. The molecule has 0 aliphatic carbocycles. The molecule has 0 aliphatic heterocycles. The Labute approximate surface area is 263 Å². The van der Waals surface area contributed by atoms with Crippen LogP contribution in [0.25, 0.3) is 0 Å². The van der Waals surface area contributed by atoms with Gasteiger partial charge < -0.3 is 14.4 Å². The number of sulfonamides is 1. The molecule has 0 aromatic carbocycles. The normalized spacial score (nSPS) is 16.3. The lowest BCUT2D eigenvalue weighted by molar-refractivity contribution is -0.870. The van der Waals surface area contributed by atoms with Crippen LogP contribution in [0, 0.1) is 0 Å². The van der Waals surface area contributed by atoms with Crippen LogP contribution in [0.2, 0.25) is 0 Å². The molecule has 300 valence electrons. The highest BCUT2D eigenvalue weighted by molar-refractivity contribution is 7.90. The Morgan fingerprint density at radius 1 is 0.520 bits per heavy atom. The van der Waals surface area contributed by atoms with Crippen LogP contribution in [0.3, 0.4) is 0 Å². The number of carbonyl (C=O) groups excluding carboxylic acids is 1. The van der Waals surface area contributed by atoms with Crippen LogP contribution in [0.1, 0.15) is 12.8 Å². The first kappa shape index (κ1) is 47.7. The molecule has 0 aromatic heterocycles. The van der Waals surface area contributed by atoms with Crippen LogP contribution in [-0.4, -0.2) is 129 Å². The number of halogens is 23. The van der Waals surface area contributed by atoms with Crippen molar-refractivity contribution in [3.05, 3.63) is 0 Å². The van der Waals surface area contributed by atoms with Gasteiger partial charge in [-0.1, -0.05) is 0 Å². The molecule has 0 N–H and O–H groups in total. The maximum Gasteiger partial charge on any atom is 0.460 e. The SMILES string of the molecule is C[N+](C)(C)CCCN(CCC(=O)[O-])S(=O)(=O)C(F)(F)C(F)(F)C(F)(F)C(F)(F)C(F)(F)C(F)(F)C(F)(F)C(F)(F)C(F)(F)C(F)(F)C(F)(F)F. The first-order chi connectivity index (χ1) is 21.3. The van der Waals surface area contributed by atoms with Gasteiger partial charge in [0.05, 0.1) is 27.7 Å². The molecule has 30 heteroatoms. The Kier molecular flexibility index (Phi) is 12.4. The van der Waals surface area contributed by atoms with Crippen LogP contribution in [-0.2, 0) is 14.8 Å². The van der Waals surface area contributed by atoms with Crippen LogP contribution in [0.4, 0.5) is 101 Å². The number of rotatable bonds is 18. The number of hydrogen-bond donors (Lipinski definition) is 0. The first-order valence-electron chi connectivity index (χ1n) is 12.1. The first-order valence-corrected chi connectivity index (χ1v) is 13.6. The quantitative estimate of drug-likeness (QED) is 0.131. The van der Waals surface area contributed by atoms with E-state index >= 15 is 0 Å². The van der Waals surface area contributed by atoms with Gasteiger partial charge in [-0.2, -0.15) is 105 Å². The lowest BCUT2D eigenvalue weighted by atomic mass is 9.86. The summed E-state index contributed by atoms with van der Waals surface area (Å²) >= 11 is 0. The van der Waals surface area contributed by atoms with Crippen LogP contribution >= 0.6 is 0 Å². The minimum Gasteiger partial charge on any atom is -0.550 e. The van der Waals surface area contributed by atoms with E-state index in [-0.39, 0.29) is 4.48 Å². The Bertz CT molecular complexity index is 1340. The van der Waals surface area contributed by atoms with Crippen molar-refractivity contribution in [3.8, 4) is 0 Å². The predicted octanol–water partition coefficient (Wildman–Crippen LogP) is 5.73. The molecule has 0 spiro atoms. The van der Waals surface area contributed by atoms with Gasteiger partial charge in [0, 0.05) is 31.9 Å². The highest BCUT2D eigenvalue weighted by Crippen LogP contribution is 2.67. The van der Waals surface area contributed by atoms with Gasteiger partial charge in [0.15, 0.2) is 0 Å². The largest absolute Gasteiger partial charge is 0.550 e. The summed E-state index contributed by atoms with van der Waals surface area (Å²) in [5.41, 5.74) is 0. The van der Waals surface area contributed by atoms with E-state index in [0.717, 1.165) is 0 Å². The van der Waals surface area contributed by atoms with Crippen molar-refractivity contribution < 1.29 is 124 Å². The van der Waals surface area contributed by atoms with Crippen LogP contribution in [0.5, 0.6) is 0 Å². The maximum absolute atomic E-state index is 14.6. The molecule has 6 nitrogen and oxygen atoms in total. The molecular weight excluding hydrogens is 801 g/mol. The van der Waals surface area contributed by atoms with E-state index in [2.05, 4.69) is 0 Å². The smallest absolute Gasteiger partial charge is 0.460 e. The van der Waals surface area contributed by atoms with Crippen molar-refractivity contribution in [2.75, 3.05) is 40.8 Å². The van der Waals surface area contributed by atoms with Crippen molar-refractivity contribution in [1.82, 2.24) is 4.31 Å². The van der Waals surface area contributed by atoms with Gasteiger partial charge in [0.1, 0.15) is 0 Å². The number of carboxylic acid groups (broad SMARTS) is 1. The topological polar surface area (TPSA) is 77.5 Å². The Morgan fingerprint density at radius 2 is 0.800 bits per heavy atom. The Hall–Kier alpha value is -2.27. The van der Waals surface area contributed by atoms with Crippen molar-refractivity contribution in [2.45, 2.75) is 77.6 Å². The average molecular weight is 820 g/mol. The van der Waals surface area contributed by atoms with E-state index in [1.54, 1.807) is 0 Å². The monoisotopic (exact) mass is 820 g/mol. The molecule has 0 radical (unpaired) electrons. The van der Waals surface area contributed by atoms with Gasteiger partial charge in [-0.3, -0.25) is 0 Å². The standard InChI is InChI=1S/C20H19F23N2O4S/c1-45(2,3)8-4-6-44(7-5-9(46)47)50(48,49)20(42,43)18(37,38)16(33,34)14(29,30)12(25,26)10(21,22)11(23,24)13(27,28)15(31,32)17(35,36)19(39,40)41/h4-8H2,1-3H3. The molecule has 0 atom stereocenters. The third-order valence-electron chi connectivity index (χ3n) is 6.34.